The Balaban J connectivity index is 1.49. The van der Waals surface area contributed by atoms with Crippen LogP contribution >= 0.6 is 0 Å². The van der Waals surface area contributed by atoms with E-state index in [2.05, 4.69) is 32.3 Å². The number of carbonyl (C=O) groups is 1. The number of carbonyl (C=O) groups excluding carboxylic acids is 1. The maximum absolute atomic E-state index is 12.4. The van der Waals surface area contributed by atoms with Crippen molar-refractivity contribution in [1.29, 1.82) is 0 Å². The van der Waals surface area contributed by atoms with Gasteiger partial charge in [0, 0.05) is 51.6 Å². The van der Waals surface area contributed by atoms with Crippen molar-refractivity contribution in [2.45, 2.75) is 97.2 Å². The number of fused-ring (bicyclic) bond motifs is 1. The Morgan fingerprint density at radius 2 is 2.03 bits per heavy atom. The Hall–Kier alpha value is -2.32. The second kappa shape index (κ2) is 11.5. The Morgan fingerprint density at radius 3 is 2.81 bits per heavy atom. The van der Waals surface area contributed by atoms with E-state index in [4.69, 9.17) is 9.73 Å². The third kappa shape index (κ3) is 7.38. The summed E-state index contributed by atoms with van der Waals surface area (Å²) >= 11 is 0. The molecule has 1 unspecified atom stereocenters. The van der Waals surface area contributed by atoms with E-state index in [1.54, 1.807) is 4.90 Å². The highest BCUT2D eigenvalue weighted by molar-refractivity contribution is 5.80. The van der Waals surface area contributed by atoms with Gasteiger partial charge in [-0.2, -0.15) is 0 Å². The zero-order valence-corrected chi connectivity index (χ0v) is 20.3. The quantitative estimate of drug-likeness (QED) is 0.395. The maximum Gasteiger partial charge on any atom is 0.410 e. The first-order valence-electron chi connectivity index (χ1n) is 12.3. The van der Waals surface area contributed by atoms with Crippen LogP contribution in [0.3, 0.4) is 0 Å². The van der Waals surface area contributed by atoms with Crippen LogP contribution in [0.15, 0.2) is 4.99 Å². The van der Waals surface area contributed by atoms with Crippen LogP contribution in [0.2, 0.25) is 0 Å². The lowest BCUT2D eigenvalue weighted by Gasteiger charge is -2.35. The molecule has 2 N–H and O–H groups in total. The molecule has 0 bridgehead atoms. The Bertz CT molecular complexity index is 769. The van der Waals surface area contributed by atoms with Gasteiger partial charge in [-0.3, -0.25) is 4.99 Å². The number of aromatic nitrogens is 3. The summed E-state index contributed by atoms with van der Waals surface area (Å²) in [6, 6.07) is 0.168. The van der Waals surface area contributed by atoms with E-state index in [0.29, 0.717) is 6.54 Å². The molecule has 1 aromatic rings. The molecule has 1 fully saturated rings. The molecule has 1 atom stereocenters. The van der Waals surface area contributed by atoms with Crippen molar-refractivity contribution in [1.82, 2.24) is 30.3 Å². The average molecular weight is 448 g/mol. The second-order valence-corrected chi connectivity index (χ2v) is 9.77. The van der Waals surface area contributed by atoms with Crippen molar-refractivity contribution < 1.29 is 9.53 Å². The number of aryl methyl sites for hydroxylation is 2. The van der Waals surface area contributed by atoms with E-state index in [0.717, 1.165) is 75.9 Å². The largest absolute Gasteiger partial charge is 0.444 e. The van der Waals surface area contributed by atoms with Gasteiger partial charge in [0.25, 0.3) is 0 Å². The number of piperidine rings is 1. The van der Waals surface area contributed by atoms with Gasteiger partial charge in [-0.05, 0) is 59.8 Å². The fourth-order valence-corrected chi connectivity index (χ4v) is 4.26. The normalized spacial score (nSPS) is 19.8. The van der Waals surface area contributed by atoms with Crippen LogP contribution in [0, 0.1) is 0 Å². The maximum atomic E-state index is 12.4. The van der Waals surface area contributed by atoms with Crippen molar-refractivity contribution in [3.8, 4) is 0 Å². The van der Waals surface area contributed by atoms with Gasteiger partial charge in [0.05, 0.1) is 0 Å². The third-order valence-electron chi connectivity index (χ3n) is 5.77. The summed E-state index contributed by atoms with van der Waals surface area (Å²) in [6.45, 7) is 11.7. The van der Waals surface area contributed by atoms with Crippen LogP contribution in [0.25, 0.3) is 0 Å². The van der Waals surface area contributed by atoms with E-state index < -0.39 is 5.60 Å². The van der Waals surface area contributed by atoms with Crippen LogP contribution in [0.5, 0.6) is 0 Å². The summed E-state index contributed by atoms with van der Waals surface area (Å²) in [5.74, 6) is 3.04. The predicted octanol–water partition coefficient (Wildman–Crippen LogP) is 2.89. The van der Waals surface area contributed by atoms with Crippen LogP contribution in [-0.2, 0) is 24.1 Å². The molecule has 3 heterocycles. The van der Waals surface area contributed by atoms with Crippen LogP contribution < -0.4 is 10.6 Å². The summed E-state index contributed by atoms with van der Waals surface area (Å²) in [5, 5.41) is 15.7. The Labute approximate surface area is 192 Å². The standard InChI is InChI=1S/C23H41N7O2/c1-5-24-21(26-18-11-10-15-29(17-18)22(31)32-23(2,3)4)25-14-9-13-20-28-27-19-12-7-6-8-16-30(19)20/h18H,5-17H2,1-4H3,(H2,24,25,26). The first-order valence-corrected chi connectivity index (χ1v) is 12.3. The SMILES string of the molecule is CCNC(=NCCCc1nnc2n1CCCCC2)NC1CCCN(C(=O)OC(C)(C)C)C1. The van der Waals surface area contributed by atoms with Gasteiger partial charge in [0.2, 0.25) is 0 Å². The van der Waals surface area contributed by atoms with Crippen molar-refractivity contribution in [2.75, 3.05) is 26.2 Å². The van der Waals surface area contributed by atoms with Crippen molar-refractivity contribution in [2.24, 2.45) is 4.99 Å². The smallest absolute Gasteiger partial charge is 0.410 e. The number of guanidine groups is 1. The molecule has 9 nitrogen and oxygen atoms in total. The average Bonchev–Trinajstić information content (AvgIpc) is 2.96. The molecular weight excluding hydrogens is 406 g/mol. The molecule has 1 aromatic heterocycles. The van der Waals surface area contributed by atoms with E-state index in [-0.39, 0.29) is 12.1 Å². The lowest BCUT2D eigenvalue weighted by Crippen LogP contribution is -2.53. The lowest BCUT2D eigenvalue weighted by atomic mass is 10.1. The minimum Gasteiger partial charge on any atom is -0.444 e. The molecule has 0 aromatic carbocycles. The molecule has 1 amide bonds. The molecule has 1 saturated heterocycles. The van der Waals surface area contributed by atoms with Gasteiger partial charge in [0.1, 0.15) is 17.2 Å². The minimum absolute atomic E-state index is 0.168. The third-order valence-corrected chi connectivity index (χ3v) is 5.77. The molecule has 0 spiro atoms. The van der Waals surface area contributed by atoms with Gasteiger partial charge in [-0.15, -0.1) is 10.2 Å². The number of hydrogen-bond acceptors (Lipinski definition) is 5. The number of likely N-dealkylation sites (tertiary alicyclic amines) is 1. The molecule has 180 valence electrons. The molecule has 2 aliphatic rings. The topological polar surface area (TPSA) is 96.7 Å². The monoisotopic (exact) mass is 447 g/mol. The van der Waals surface area contributed by atoms with E-state index in [1.165, 1.54) is 19.3 Å². The Kier molecular flexibility index (Phi) is 8.75. The van der Waals surface area contributed by atoms with Gasteiger partial charge >= 0.3 is 6.09 Å². The lowest BCUT2D eigenvalue weighted by molar-refractivity contribution is 0.0193. The zero-order chi connectivity index (χ0) is 23.0. The summed E-state index contributed by atoms with van der Waals surface area (Å²) in [4.78, 5) is 19.0. The van der Waals surface area contributed by atoms with Gasteiger partial charge < -0.3 is 24.8 Å². The van der Waals surface area contributed by atoms with Gasteiger partial charge in [0.15, 0.2) is 5.96 Å². The van der Waals surface area contributed by atoms with Crippen molar-refractivity contribution >= 4 is 12.1 Å². The number of nitrogens with zero attached hydrogens (tertiary/aromatic N) is 5. The highest BCUT2D eigenvalue weighted by Crippen LogP contribution is 2.16. The summed E-state index contributed by atoms with van der Waals surface area (Å²) in [6.07, 6.45) is 8.30. The molecular formula is C23H41N7O2. The number of aliphatic imine (C=N–C) groups is 1. The minimum atomic E-state index is -0.476. The molecule has 0 aliphatic carbocycles. The van der Waals surface area contributed by atoms with E-state index >= 15 is 0 Å². The molecule has 9 heteroatoms. The first-order chi connectivity index (χ1) is 15.4. The van der Waals surface area contributed by atoms with Gasteiger partial charge in [-0.1, -0.05) is 6.42 Å². The number of nitrogens with one attached hydrogen (secondary N) is 2. The molecule has 3 rings (SSSR count). The molecule has 0 saturated carbocycles. The fourth-order valence-electron chi connectivity index (χ4n) is 4.26. The van der Waals surface area contributed by atoms with Crippen molar-refractivity contribution in [3.63, 3.8) is 0 Å². The number of amides is 1. The van der Waals surface area contributed by atoms with Crippen LogP contribution in [-0.4, -0.2) is 69.5 Å². The zero-order valence-electron chi connectivity index (χ0n) is 20.3. The van der Waals surface area contributed by atoms with Crippen LogP contribution in [0.1, 0.15) is 77.9 Å². The molecule has 32 heavy (non-hydrogen) atoms. The van der Waals surface area contributed by atoms with Gasteiger partial charge in [-0.25, -0.2) is 4.79 Å². The summed E-state index contributed by atoms with van der Waals surface area (Å²) < 4.78 is 7.85. The fraction of sp³-hybridized carbons (Fsp3) is 0.826. The Morgan fingerprint density at radius 1 is 1.19 bits per heavy atom. The number of ether oxygens (including phenoxy) is 1. The van der Waals surface area contributed by atoms with Crippen molar-refractivity contribution in [3.05, 3.63) is 11.6 Å². The van der Waals surface area contributed by atoms with E-state index in [9.17, 15) is 4.79 Å². The second-order valence-electron chi connectivity index (χ2n) is 9.77. The first kappa shape index (κ1) is 24.3. The predicted molar refractivity (Wildman–Crippen MR) is 126 cm³/mol. The highest BCUT2D eigenvalue weighted by Gasteiger charge is 2.28. The highest BCUT2D eigenvalue weighted by atomic mass is 16.6. The summed E-state index contributed by atoms with van der Waals surface area (Å²) in [5.41, 5.74) is -0.476. The van der Waals surface area contributed by atoms with E-state index in [1.807, 2.05) is 20.8 Å². The van der Waals surface area contributed by atoms with Crippen LogP contribution in [0.4, 0.5) is 4.79 Å². The number of hydrogen-bond donors (Lipinski definition) is 2. The summed E-state index contributed by atoms with van der Waals surface area (Å²) in [7, 11) is 0. The molecule has 2 aliphatic heterocycles. The molecule has 0 radical (unpaired) electrons. The number of rotatable bonds is 6.